The lowest BCUT2D eigenvalue weighted by atomic mass is 10.2. The van der Waals surface area contributed by atoms with Gasteiger partial charge in [-0.15, -0.1) is 0 Å². The molecule has 0 N–H and O–H groups in total. The largest absolute Gasteiger partial charge is 0.327 e. The highest BCUT2D eigenvalue weighted by atomic mass is 19.1. The molecule has 1 aromatic carbocycles. The second-order valence-electron chi connectivity index (χ2n) is 4.75. The summed E-state index contributed by atoms with van der Waals surface area (Å²) < 4.78 is 13.1. The predicted octanol–water partition coefficient (Wildman–Crippen LogP) is 1.75. The van der Waals surface area contributed by atoms with Crippen LogP contribution < -0.4 is 0 Å². The Labute approximate surface area is 104 Å². The lowest BCUT2D eigenvalue weighted by Crippen LogP contribution is -2.33. The molecule has 18 heavy (non-hydrogen) atoms. The molecule has 4 nitrogen and oxygen atoms in total. The first-order chi connectivity index (χ1) is 8.65. The number of imide groups is 1. The molecule has 1 heterocycles. The highest BCUT2D eigenvalue weighted by molar-refractivity contribution is 6.02. The van der Waals surface area contributed by atoms with E-state index in [2.05, 4.69) is 0 Å². The third-order valence-electron chi connectivity index (χ3n) is 3.30. The Morgan fingerprint density at radius 3 is 2.72 bits per heavy atom. The second-order valence-corrected chi connectivity index (χ2v) is 4.75. The third kappa shape index (κ3) is 1.96. The van der Waals surface area contributed by atoms with Gasteiger partial charge >= 0.3 is 6.03 Å². The van der Waals surface area contributed by atoms with Gasteiger partial charge in [-0.05, 0) is 30.5 Å². The zero-order valence-electron chi connectivity index (χ0n) is 9.80. The van der Waals surface area contributed by atoms with E-state index in [1.807, 2.05) is 0 Å². The summed E-state index contributed by atoms with van der Waals surface area (Å²) in [6.45, 7) is 0.317. The van der Waals surface area contributed by atoms with Crippen molar-refractivity contribution in [2.45, 2.75) is 25.4 Å². The van der Waals surface area contributed by atoms with Crippen LogP contribution in [0.4, 0.5) is 9.18 Å². The van der Waals surface area contributed by atoms with Gasteiger partial charge in [-0.1, -0.05) is 12.1 Å². The number of amides is 3. The van der Waals surface area contributed by atoms with E-state index in [0.717, 1.165) is 12.8 Å². The van der Waals surface area contributed by atoms with Crippen LogP contribution in [0.2, 0.25) is 0 Å². The molecule has 94 valence electrons. The molecule has 1 aliphatic carbocycles. The van der Waals surface area contributed by atoms with Crippen LogP contribution in [0, 0.1) is 5.82 Å². The predicted molar refractivity (Wildman–Crippen MR) is 62.1 cm³/mol. The molecule has 2 fully saturated rings. The van der Waals surface area contributed by atoms with E-state index in [-0.39, 0.29) is 36.9 Å². The monoisotopic (exact) mass is 248 g/mol. The van der Waals surface area contributed by atoms with Gasteiger partial charge in [-0.3, -0.25) is 9.69 Å². The molecule has 0 radical (unpaired) electrons. The first kappa shape index (κ1) is 11.2. The van der Waals surface area contributed by atoms with E-state index in [9.17, 15) is 14.0 Å². The average Bonchev–Trinajstić information content (AvgIpc) is 3.12. The summed E-state index contributed by atoms with van der Waals surface area (Å²) in [5.74, 6) is -0.554. The highest BCUT2D eigenvalue weighted by Crippen LogP contribution is 2.30. The maximum absolute atomic E-state index is 13.1. The number of hydrogen-bond donors (Lipinski definition) is 0. The van der Waals surface area contributed by atoms with Crippen LogP contribution in [0.15, 0.2) is 24.3 Å². The van der Waals surface area contributed by atoms with Gasteiger partial charge < -0.3 is 4.90 Å². The summed E-state index contributed by atoms with van der Waals surface area (Å²) in [6.07, 6.45) is 1.96. The molecule has 5 heteroatoms. The summed E-state index contributed by atoms with van der Waals surface area (Å²) >= 11 is 0. The van der Waals surface area contributed by atoms with Gasteiger partial charge in [-0.25, -0.2) is 9.18 Å². The van der Waals surface area contributed by atoms with E-state index in [0.29, 0.717) is 5.56 Å². The Hall–Kier alpha value is -1.91. The maximum Gasteiger partial charge on any atom is 0.327 e. The first-order valence-electron chi connectivity index (χ1n) is 6.00. The Morgan fingerprint density at radius 1 is 1.28 bits per heavy atom. The lowest BCUT2D eigenvalue weighted by Gasteiger charge is -2.16. The normalized spacial score (nSPS) is 19.8. The van der Waals surface area contributed by atoms with Crippen molar-refractivity contribution in [2.24, 2.45) is 0 Å². The van der Waals surface area contributed by atoms with Gasteiger partial charge in [0, 0.05) is 6.04 Å². The Balaban J connectivity index is 1.76. The van der Waals surface area contributed by atoms with E-state index >= 15 is 0 Å². The van der Waals surface area contributed by atoms with Crippen molar-refractivity contribution < 1.29 is 14.0 Å². The van der Waals surface area contributed by atoms with Gasteiger partial charge in [0.05, 0.1) is 6.54 Å². The molecular weight excluding hydrogens is 235 g/mol. The molecule has 2 aliphatic rings. The van der Waals surface area contributed by atoms with Crippen molar-refractivity contribution in [1.82, 2.24) is 9.80 Å². The number of hydrogen-bond acceptors (Lipinski definition) is 2. The number of rotatable bonds is 3. The number of carbonyl (C=O) groups is 2. The molecule has 0 unspecified atom stereocenters. The van der Waals surface area contributed by atoms with Crippen LogP contribution in [0.5, 0.6) is 0 Å². The molecular formula is C13H13FN2O2. The number of benzene rings is 1. The van der Waals surface area contributed by atoms with Gasteiger partial charge in [0.1, 0.15) is 12.4 Å². The molecule has 0 bridgehead atoms. The van der Waals surface area contributed by atoms with Gasteiger partial charge in [0.15, 0.2) is 0 Å². The van der Waals surface area contributed by atoms with Crippen LogP contribution in [-0.2, 0) is 11.3 Å². The fraction of sp³-hybridized carbons (Fsp3) is 0.385. The molecule has 1 saturated carbocycles. The summed E-state index contributed by atoms with van der Waals surface area (Å²) in [7, 11) is 0. The summed E-state index contributed by atoms with van der Waals surface area (Å²) in [6, 6.07) is 5.97. The van der Waals surface area contributed by atoms with Crippen LogP contribution in [-0.4, -0.2) is 34.3 Å². The Bertz CT molecular complexity index is 513. The molecule has 1 aromatic rings. The van der Waals surface area contributed by atoms with E-state index in [1.54, 1.807) is 17.0 Å². The molecule has 3 amide bonds. The summed E-state index contributed by atoms with van der Waals surface area (Å²) in [5, 5.41) is 0. The minimum Gasteiger partial charge on any atom is -0.312 e. The van der Waals surface area contributed by atoms with Crippen molar-refractivity contribution >= 4 is 11.9 Å². The van der Waals surface area contributed by atoms with Crippen molar-refractivity contribution in [1.29, 1.82) is 0 Å². The highest BCUT2D eigenvalue weighted by Gasteiger charge is 2.43. The average molecular weight is 248 g/mol. The van der Waals surface area contributed by atoms with Crippen molar-refractivity contribution in [3.05, 3.63) is 35.6 Å². The molecule has 1 saturated heterocycles. The molecule has 0 atom stereocenters. The van der Waals surface area contributed by atoms with Gasteiger partial charge in [-0.2, -0.15) is 0 Å². The fourth-order valence-corrected chi connectivity index (χ4v) is 2.21. The van der Waals surface area contributed by atoms with E-state index in [4.69, 9.17) is 0 Å². The minimum absolute atomic E-state index is 0.151. The van der Waals surface area contributed by atoms with Crippen LogP contribution >= 0.6 is 0 Å². The van der Waals surface area contributed by atoms with Crippen molar-refractivity contribution in [3.63, 3.8) is 0 Å². The smallest absolute Gasteiger partial charge is 0.312 e. The SMILES string of the molecule is O=C1CN(C2CC2)C(=O)N1Cc1cccc(F)c1. The van der Waals surface area contributed by atoms with Crippen molar-refractivity contribution in [3.8, 4) is 0 Å². The second kappa shape index (κ2) is 4.08. The first-order valence-corrected chi connectivity index (χ1v) is 6.00. The quantitative estimate of drug-likeness (QED) is 0.765. The van der Waals surface area contributed by atoms with Gasteiger partial charge in [0.2, 0.25) is 0 Å². The molecule has 0 spiro atoms. The Kier molecular flexibility index (Phi) is 2.54. The van der Waals surface area contributed by atoms with E-state index < -0.39 is 0 Å². The fourth-order valence-electron chi connectivity index (χ4n) is 2.21. The molecule has 3 rings (SSSR count). The summed E-state index contributed by atoms with van der Waals surface area (Å²) in [4.78, 5) is 26.6. The molecule has 0 aromatic heterocycles. The minimum atomic E-state index is -0.356. The van der Waals surface area contributed by atoms with Gasteiger partial charge in [0.25, 0.3) is 5.91 Å². The standard InChI is InChI=1S/C13H13FN2O2/c14-10-3-1-2-9(6-10)7-16-12(17)8-15(13(16)18)11-4-5-11/h1-3,6,11H,4-5,7-8H2. The number of carbonyl (C=O) groups excluding carboxylic acids is 2. The van der Waals surface area contributed by atoms with Crippen LogP contribution in [0.25, 0.3) is 0 Å². The van der Waals surface area contributed by atoms with Crippen LogP contribution in [0.3, 0.4) is 0 Å². The summed E-state index contributed by atoms with van der Waals surface area (Å²) in [5.41, 5.74) is 0.634. The lowest BCUT2D eigenvalue weighted by molar-refractivity contribution is -0.125. The number of nitrogens with zero attached hydrogens (tertiary/aromatic N) is 2. The molecule has 1 aliphatic heterocycles. The number of halogens is 1. The maximum atomic E-state index is 13.1. The Morgan fingerprint density at radius 2 is 2.06 bits per heavy atom. The zero-order valence-corrected chi connectivity index (χ0v) is 9.80. The third-order valence-corrected chi connectivity index (χ3v) is 3.30. The van der Waals surface area contributed by atoms with Crippen molar-refractivity contribution in [2.75, 3.05) is 6.54 Å². The van der Waals surface area contributed by atoms with E-state index in [1.165, 1.54) is 17.0 Å². The topological polar surface area (TPSA) is 40.6 Å². The van der Waals surface area contributed by atoms with Crippen LogP contribution in [0.1, 0.15) is 18.4 Å². The number of urea groups is 1. The zero-order chi connectivity index (χ0) is 12.7.